The van der Waals surface area contributed by atoms with Crippen LogP contribution in [-0.4, -0.2) is 28.5 Å². The van der Waals surface area contributed by atoms with Crippen molar-refractivity contribution in [2.24, 2.45) is 0 Å². The molecule has 1 fully saturated rings. The molecule has 118 valence electrons. The molecule has 0 unspecified atom stereocenters. The molecule has 2 heterocycles. The average molecular weight is 307 g/mol. The predicted molar refractivity (Wildman–Crippen MR) is 78.8 cm³/mol. The van der Waals surface area contributed by atoms with Gasteiger partial charge in [-0.25, -0.2) is 13.5 Å². The highest BCUT2D eigenvalue weighted by Gasteiger charge is 2.22. The van der Waals surface area contributed by atoms with Gasteiger partial charge in [-0.3, -0.25) is 0 Å². The summed E-state index contributed by atoms with van der Waals surface area (Å²) in [6.07, 6.45) is 3.95. The molecule has 0 aliphatic carbocycles. The predicted octanol–water partition coefficient (Wildman–Crippen LogP) is 2.81. The fourth-order valence-corrected chi connectivity index (χ4v) is 2.68. The standard InChI is InChI=1S/C16H19F2N3O/c1-11(15-6-3-9-22-15)19-10-12-7-8-21(20-12)16-13(17)4-2-5-14(16)18/h2,4-5,7-8,11,15,19H,3,6,9-10H2,1H3/t11-,15-/m0/s1. The summed E-state index contributed by atoms with van der Waals surface area (Å²) in [5.41, 5.74) is 0.577. The Morgan fingerprint density at radius 1 is 1.36 bits per heavy atom. The molecule has 1 N–H and O–H groups in total. The quantitative estimate of drug-likeness (QED) is 0.923. The highest BCUT2D eigenvalue weighted by atomic mass is 19.1. The minimum atomic E-state index is -0.629. The minimum absolute atomic E-state index is 0.152. The van der Waals surface area contributed by atoms with Gasteiger partial charge < -0.3 is 10.1 Å². The Labute approximate surface area is 128 Å². The van der Waals surface area contributed by atoms with Crippen molar-refractivity contribution in [2.75, 3.05) is 6.61 Å². The molecule has 1 aliphatic rings. The van der Waals surface area contributed by atoms with Gasteiger partial charge in [0.1, 0.15) is 5.69 Å². The Bertz CT molecular complexity index is 618. The van der Waals surface area contributed by atoms with Crippen molar-refractivity contribution in [3.63, 3.8) is 0 Å². The van der Waals surface area contributed by atoms with E-state index in [-0.39, 0.29) is 17.8 Å². The van der Waals surface area contributed by atoms with Crippen molar-refractivity contribution < 1.29 is 13.5 Å². The maximum atomic E-state index is 13.7. The van der Waals surface area contributed by atoms with E-state index in [4.69, 9.17) is 4.74 Å². The lowest BCUT2D eigenvalue weighted by Crippen LogP contribution is -2.36. The van der Waals surface area contributed by atoms with Crippen LogP contribution in [0.5, 0.6) is 0 Å². The van der Waals surface area contributed by atoms with Crippen LogP contribution in [0.2, 0.25) is 0 Å². The Hall–Kier alpha value is -1.79. The van der Waals surface area contributed by atoms with Crippen LogP contribution in [0.1, 0.15) is 25.5 Å². The highest BCUT2D eigenvalue weighted by Crippen LogP contribution is 2.18. The van der Waals surface area contributed by atoms with Gasteiger partial charge in [-0.1, -0.05) is 6.07 Å². The number of benzene rings is 1. The van der Waals surface area contributed by atoms with Crippen molar-refractivity contribution in [1.82, 2.24) is 15.1 Å². The molecular weight excluding hydrogens is 288 g/mol. The van der Waals surface area contributed by atoms with Crippen LogP contribution in [0.3, 0.4) is 0 Å². The highest BCUT2D eigenvalue weighted by molar-refractivity contribution is 5.34. The molecule has 2 atom stereocenters. The van der Waals surface area contributed by atoms with Crippen LogP contribution in [0.25, 0.3) is 5.69 Å². The molecule has 3 rings (SSSR count). The van der Waals surface area contributed by atoms with E-state index < -0.39 is 11.6 Å². The zero-order valence-corrected chi connectivity index (χ0v) is 12.4. The first-order chi connectivity index (χ1) is 10.6. The van der Waals surface area contributed by atoms with E-state index in [1.165, 1.54) is 22.9 Å². The summed E-state index contributed by atoms with van der Waals surface area (Å²) in [6.45, 7) is 3.42. The van der Waals surface area contributed by atoms with E-state index in [1.807, 2.05) is 0 Å². The van der Waals surface area contributed by atoms with Crippen molar-refractivity contribution in [3.8, 4) is 5.69 Å². The smallest absolute Gasteiger partial charge is 0.151 e. The molecule has 0 bridgehead atoms. The van der Waals surface area contributed by atoms with Gasteiger partial charge in [-0.05, 0) is 38.0 Å². The molecule has 0 spiro atoms. The van der Waals surface area contributed by atoms with Gasteiger partial charge in [-0.15, -0.1) is 0 Å². The SMILES string of the molecule is C[C@H](NCc1ccn(-c2c(F)cccc2F)n1)[C@@H]1CCCO1. The molecule has 1 aromatic heterocycles. The average Bonchev–Trinajstić information content (AvgIpc) is 3.16. The van der Waals surface area contributed by atoms with Gasteiger partial charge in [0, 0.05) is 25.4 Å². The number of hydrogen-bond acceptors (Lipinski definition) is 3. The van der Waals surface area contributed by atoms with Gasteiger partial charge >= 0.3 is 0 Å². The van der Waals surface area contributed by atoms with E-state index in [1.54, 1.807) is 12.3 Å². The van der Waals surface area contributed by atoms with Crippen LogP contribution in [-0.2, 0) is 11.3 Å². The normalized spacial score (nSPS) is 19.5. The second-order valence-corrected chi connectivity index (χ2v) is 5.54. The van der Waals surface area contributed by atoms with E-state index in [2.05, 4.69) is 17.3 Å². The second-order valence-electron chi connectivity index (χ2n) is 5.54. The van der Waals surface area contributed by atoms with Crippen LogP contribution in [0.4, 0.5) is 8.78 Å². The monoisotopic (exact) mass is 307 g/mol. The largest absolute Gasteiger partial charge is 0.377 e. The molecule has 2 aromatic rings. The van der Waals surface area contributed by atoms with Gasteiger partial charge in [0.05, 0.1) is 11.8 Å². The van der Waals surface area contributed by atoms with Gasteiger partial charge in [0.2, 0.25) is 0 Å². The molecule has 22 heavy (non-hydrogen) atoms. The maximum Gasteiger partial charge on any atom is 0.151 e. The molecule has 6 heteroatoms. The topological polar surface area (TPSA) is 39.1 Å². The second kappa shape index (κ2) is 6.54. The van der Waals surface area contributed by atoms with E-state index in [0.29, 0.717) is 6.54 Å². The van der Waals surface area contributed by atoms with Crippen molar-refractivity contribution in [1.29, 1.82) is 0 Å². The molecule has 1 saturated heterocycles. The number of halogens is 2. The third-order valence-electron chi connectivity index (χ3n) is 3.94. The van der Waals surface area contributed by atoms with Gasteiger partial charge in [0.25, 0.3) is 0 Å². The van der Waals surface area contributed by atoms with Gasteiger partial charge in [0.15, 0.2) is 11.6 Å². The molecule has 0 radical (unpaired) electrons. The first kappa shape index (κ1) is 15.1. The molecular formula is C16H19F2N3O. The first-order valence-electron chi connectivity index (χ1n) is 7.49. The maximum absolute atomic E-state index is 13.7. The zero-order valence-electron chi connectivity index (χ0n) is 12.4. The lowest BCUT2D eigenvalue weighted by molar-refractivity contribution is 0.0831. The van der Waals surface area contributed by atoms with E-state index >= 15 is 0 Å². The van der Waals surface area contributed by atoms with Crippen molar-refractivity contribution >= 4 is 0 Å². The summed E-state index contributed by atoms with van der Waals surface area (Å²) in [4.78, 5) is 0. The Kier molecular flexibility index (Phi) is 4.49. The lowest BCUT2D eigenvalue weighted by atomic mass is 10.1. The fraction of sp³-hybridized carbons (Fsp3) is 0.438. The lowest BCUT2D eigenvalue weighted by Gasteiger charge is -2.19. The molecule has 0 saturated carbocycles. The third-order valence-corrected chi connectivity index (χ3v) is 3.94. The summed E-state index contributed by atoms with van der Waals surface area (Å²) >= 11 is 0. The van der Waals surface area contributed by atoms with Crippen LogP contribution in [0.15, 0.2) is 30.5 Å². The molecule has 4 nitrogen and oxygen atoms in total. The fourth-order valence-electron chi connectivity index (χ4n) is 2.68. The summed E-state index contributed by atoms with van der Waals surface area (Å²) in [7, 11) is 0. The first-order valence-corrected chi connectivity index (χ1v) is 7.49. The van der Waals surface area contributed by atoms with Crippen molar-refractivity contribution in [2.45, 2.75) is 38.5 Å². The number of nitrogens with one attached hydrogen (secondary N) is 1. The number of para-hydroxylation sites is 1. The summed E-state index contributed by atoms with van der Waals surface area (Å²) in [6, 6.07) is 5.75. The van der Waals surface area contributed by atoms with Crippen LogP contribution >= 0.6 is 0 Å². The number of hydrogen-bond donors (Lipinski definition) is 1. The third kappa shape index (κ3) is 3.18. The molecule has 1 aliphatic heterocycles. The number of nitrogens with zero attached hydrogens (tertiary/aromatic N) is 2. The Morgan fingerprint density at radius 2 is 2.14 bits per heavy atom. The number of aromatic nitrogens is 2. The van der Waals surface area contributed by atoms with Crippen LogP contribution < -0.4 is 5.32 Å². The molecule has 0 amide bonds. The van der Waals surface area contributed by atoms with E-state index in [0.717, 1.165) is 25.1 Å². The minimum Gasteiger partial charge on any atom is -0.377 e. The van der Waals surface area contributed by atoms with Crippen LogP contribution in [0, 0.1) is 11.6 Å². The Morgan fingerprint density at radius 3 is 2.82 bits per heavy atom. The molecule has 1 aromatic carbocycles. The number of ether oxygens (including phenoxy) is 1. The van der Waals surface area contributed by atoms with E-state index in [9.17, 15) is 8.78 Å². The van der Waals surface area contributed by atoms with Gasteiger partial charge in [-0.2, -0.15) is 5.10 Å². The Balaban J connectivity index is 1.66. The summed E-state index contributed by atoms with van der Waals surface area (Å²) < 4.78 is 34.3. The van der Waals surface area contributed by atoms with Crippen molar-refractivity contribution in [3.05, 3.63) is 47.8 Å². The summed E-state index contributed by atoms with van der Waals surface area (Å²) in [5, 5.41) is 7.58. The number of rotatable bonds is 5. The zero-order chi connectivity index (χ0) is 15.5. The summed E-state index contributed by atoms with van der Waals surface area (Å²) in [5.74, 6) is -1.26.